The zero-order valence-electron chi connectivity index (χ0n) is 17.8. The average molecular weight is 444 g/mol. The van der Waals surface area contributed by atoms with Crippen molar-refractivity contribution in [2.24, 2.45) is 22.2 Å². The minimum Gasteiger partial charge on any atom is -0.480 e. The van der Waals surface area contributed by atoms with Crippen LogP contribution in [0.2, 0.25) is 0 Å². The van der Waals surface area contributed by atoms with Gasteiger partial charge in [-0.3, -0.25) is 19.4 Å². The van der Waals surface area contributed by atoms with Crippen molar-refractivity contribution in [1.82, 2.24) is 15.5 Å². The topological polar surface area (TPSA) is 226 Å². The lowest BCUT2D eigenvalue weighted by Crippen LogP contribution is -2.59. The Morgan fingerprint density at radius 2 is 1.81 bits per heavy atom. The molecule has 176 valence electrons. The zero-order chi connectivity index (χ0) is 23.7. The Balaban J connectivity index is 2.66. The molecular formula is C18H33N7O6. The third-order valence-electron chi connectivity index (χ3n) is 4.92. The van der Waals surface area contributed by atoms with Crippen LogP contribution >= 0.6 is 0 Å². The molecule has 0 radical (unpaired) electrons. The van der Waals surface area contributed by atoms with Crippen LogP contribution in [-0.2, 0) is 19.2 Å². The number of hydrogen-bond donors (Lipinski definition) is 7. The molecule has 1 fully saturated rings. The largest absolute Gasteiger partial charge is 0.480 e. The monoisotopic (exact) mass is 443 g/mol. The van der Waals surface area contributed by atoms with E-state index in [0.717, 1.165) is 0 Å². The molecule has 0 aromatic rings. The van der Waals surface area contributed by atoms with Crippen molar-refractivity contribution >= 4 is 29.7 Å². The number of guanidine groups is 1. The third kappa shape index (κ3) is 8.02. The maximum Gasteiger partial charge on any atom is 0.326 e. The van der Waals surface area contributed by atoms with Gasteiger partial charge < -0.3 is 42.9 Å². The van der Waals surface area contributed by atoms with Gasteiger partial charge in [0.15, 0.2) is 5.96 Å². The fourth-order valence-electron chi connectivity index (χ4n) is 3.22. The Kier molecular flexibility index (Phi) is 10.1. The Labute approximate surface area is 180 Å². The summed E-state index contributed by atoms with van der Waals surface area (Å²) in [5.41, 5.74) is 16.2. The van der Waals surface area contributed by atoms with E-state index in [9.17, 15) is 29.4 Å². The van der Waals surface area contributed by atoms with Gasteiger partial charge in [-0.25, -0.2) is 4.79 Å². The summed E-state index contributed by atoms with van der Waals surface area (Å²) in [6.07, 6.45) is 0.312. The summed E-state index contributed by atoms with van der Waals surface area (Å²) in [6.45, 7) is 3.29. The summed E-state index contributed by atoms with van der Waals surface area (Å²) in [5, 5.41) is 23.9. The summed E-state index contributed by atoms with van der Waals surface area (Å²) in [4.78, 5) is 53.7. The number of carboxylic acids is 1. The van der Waals surface area contributed by atoms with Crippen molar-refractivity contribution in [3.63, 3.8) is 0 Å². The first kappa shape index (κ1) is 26.1. The summed E-state index contributed by atoms with van der Waals surface area (Å²) in [6, 6.07) is -4.28. The van der Waals surface area contributed by atoms with Crippen molar-refractivity contribution < 1.29 is 29.4 Å². The number of hydrogen-bond acceptors (Lipinski definition) is 7. The van der Waals surface area contributed by atoms with Gasteiger partial charge in [0.25, 0.3) is 0 Å². The smallest absolute Gasteiger partial charge is 0.326 e. The van der Waals surface area contributed by atoms with E-state index in [-0.39, 0.29) is 25.5 Å². The molecule has 0 saturated carbocycles. The highest BCUT2D eigenvalue weighted by Gasteiger charge is 2.37. The van der Waals surface area contributed by atoms with Gasteiger partial charge in [0.05, 0.1) is 12.1 Å². The summed E-state index contributed by atoms with van der Waals surface area (Å²) >= 11 is 0. The van der Waals surface area contributed by atoms with E-state index in [1.54, 1.807) is 0 Å². The second-order valence-corrected chi connectivity index (χ2v) is 7.54. The van der Waals surface area contributed by atoms with Crippen molar-refractivity contribution in [2.45, 2.75) is 69.8 Å². The first-order valence-electron chi connectivity index (χ1n) is 10.1. The Hall–Kier alpha value is -2.93. The highest BCUT2D eigenvalue weighted by molar-refractivity contribution is 5.94. The van der Waals surface area contributed by atoms with Gasteiger partial charge in [-0.2, -0.15) is 0 Å². The second-order valence-electron chi connectivity index (χ2n) is 7.54. The average Bonchev–Trinajstić information content (AvgIpc) is 3.17. The van der Waals surface area contributed by atoms with Crippen LogP contribution in [0.25, 0.3) is 0 Å². The minimum atomic E-state index is -1.35. The highest BCUT2D eigenvalue weighted by Crippen LogP contribution is 2.18. The van der Waals surface area contributed by atoms with E-state index in [2.05, 4.69) is 15.6 Å². The van der Waals surface area contributed by atoms with E-state index >= 15 is 0 Å². The normalized spacial score (nSPS) is 19.6. The van der Waals surface area contributed by atoms with Crippen LogP contribution in [0.3, 0.4) is 0 Å². The molecule has 31 heavy (non-hydrogen) atoms. The number of likely N-dealkylation sites (tertiary alicyclic amines) is 1. The Morgan fingerprint density at radius 3 is 2.35 bits per heavy atom. The van der Waals surface area contributed by atoms with Gasteiger partial charge in [0.2, 0.25) is 17.7 Å². The quantitative estimate of drug-likeness (QED) is 0.0968. The van der Waals surface area contributed by atoms with Crippen molar-refractivity contribution in [2.75, 3.05) is 13.1 Å². The maximum absolute atomic E-state index is 12.6. The van der Waals surface area contributed by atoms with Gasteiger partial charge in [0, 0.05) is 13.1 Å². The molecule has 1 aliphatic rings. The zero-order valence-corrected chi connectivity index (χ0v) is 17.8. The molecule has 0 aliphatic carbocycles. The number of nitrogens with one attached hydrogen (secondary N) is 2. The molecular weight excluding hydrogens is 410 g/mol. The minimum absolute atomic E-state index is 0.0730. The molecule has 3 amide bonds. The number of nitrogens with zero attached hydrogens (tertiary/aromatic N) is 2. The van der Waals surface area contributed by atoms with E-state index in [1.807, 2.05) is 0 Å². The van der Waals surface area contributed by atoms with E-state index in [1.165, 1.54) is 18.7 Å². The van der Waals surface area contributed by atoms with Crippen molar-refractivity contribution in [3.05, 3.63) is 0 Å². The van der Waals surface area contributed by atoms with E-state index < -0.39 is 54.0 Å². The second kappa shape index (κ2) is 12.1. The number of carboxylic acid groups (broad SMARTS) is 1. The van der Waals surface area contributed by atoms with Gasteiger partial charge in [-0.15, -0.1) is 0 Å². The van der Waals surface area contributed by atoms with Gasteiger partial charge in [-0.05, 0) is 39.5 Å². The predicted octanol–water partition coefficient (Wildman–Crippen LogP) is -3.19. The number of rotatable bonds is 11. The lowest BCUT2D eigenvalue weighted by atomic mass is 10.1. The summed E-state index contributed by atoms with van der Waals surface area (Å²) < 4.78 is 0. The Morgan fingerprint density at radius 1 is 1.16 bits per heavy atom. The molecule has 5 unspecified atom stereocenters. The van der Waals surface area contributed by atoms with Crippen LogP contribution in [0.1, 0.15) is 39.5 Å². The first-order valence-corrected chi connectivity index (χ1v) is 10.1. The molecule has 1 heterocycles. The molecule has 1 rings (SSSR count). The molecule has 0 aromatic heterocycles. The SMILES string of the molecule is CC(NC(=O)C(NC(=O)C(N)CCCN=C(N)N)C(C)O)C(=O)N1CCCC1C(=O)O. The number of carbonyl (C=O) groups excluding carboxylic acids is 3. The lowest BCUT2D eigenvalue weighted by Gasteiger charge is -2.28. The van der Waals surface area contributed by atoms with Gasteiger partial charge >= 0.3 is 5.97 Å². The number of nitrogens with two attached hydrogens (primary N) is 3. The van der Waals surface area contributed by atoms with Crippen LogP contribution in [0.15, 0.2) is 4.99 Å². The fourth-order valence-corrected chi connectivity index (χ4v) is 3.22. The lowest BCUT2D eigenvalue weighted by molar-refractivity contribution is -0.149. The fraction of sp³-hybridized carbons (Fsp3) is 0.722. The molecule has 1 aliphatic heterocycles. The van der Waals surface area contributed by atoms with Crippen LogP contribution in [0.4, 0.5) is 0 Å². The molecule has 0 aromatic carbocycles. The number of amides is 3. The van der Waals surface area contributed by atoms with Crippen molar-refractivity contribution in [1.29, 1.82) is 0 Å². The number of aliphatic hydroxyl groups excluding tert-OH is 1. The molecule has 5 atom stereocenters. The van der Waals surface area contributed by atoms with Crippen LogP contribution in [-0.4, -0.2) is 88.1 Å². The highest BCUT2D eigenvalue weighted by atomic mass is 16.4. The van der Waals surface area contributed by atoms with Crippen LogP contribution < -0.4 is 27.8 Å². The standard InChI is InChI=1S/C18H33N7O6/c1-9(16(29)25-8-4-6-12(25)17(30)31)23-15(28)13(10(2)26)24-14(27)11(19)5-3-7-22-18(20)21/h9-13,26H,3-8,19H2,1-2H3,(H,23,28)(H,24,27)(H,30,31)(H4,20,21,22). The molecule has 13 heteroatoms. The number of carbonyl (C=O) groups is 4. The van der Waals surface area contributed by atoms with Gasteiger partial charge in [0.1, 0.15) is 18.1 Å². The molecule has 0 spiro atoms. The predicted molar refractivity (Wildman–Crippen MR) is 111 cm³/mol. The van der Waals surface area contributed by atoms with Crippen molar-refractivity contribution in [3.8, 4) is 0 Å². The number of aliphatic carboxylic acids is 1. The van der Waals surface area contributed by atoms with Gasteiger partial charge in [-0.1, -0.05) is 0 Å². The maximum atomic E-state index is 12.6. The molecule has 10 N–H and O–H groups in total. The molecule has 1 saturated heterocycles. The Bertz CT molecular complexity index is 695. The summed E-state index contributed by atoms with van der Waals surface area (Å²) in [7, 11) is 0. The summed E-state index contributed by atoms with van der Waals surface area (Å²) in [5.74, 6) is -3.17. The van der Waals surface area contributed by atoms with E-state index in [4.69, 9.17) is 17.2 Å². The number of aliphatic imine (C=N–C) groups is 1. The molecule has 0 bridgehead atoms. The van der Waals surface area contributed by atoms with Crippen LogP contribution in [0.5, 0.6) is 0 Å². The van der Waals surface area contributed by atoms with Crippen LogP contribution in [0, 0.1) is 0 Å². The third-order valence-corrected chi connectivity index (χ3v) is 4.92. The van der Waals surface area contributed by atoms with E-state index in [0.29, 0.717) is 19.3 Å². The molecule has 13 nitrogen and oxygen atoms in total. The first-order chi connectivity index (χ1) is 14.5. The number of aliphatic hydroxyl groups is 1.